The van der Waals surface area contributed by atoms with E-state index in [1.807, 2.05) is 18.2 Å². The molecule has 0 aliphatic carbocycles. The molecular weight excluding hydrogens is 174 g/mol. The maximum atomic E-state index is 5.91. The minimum atomic E-state index is 0.221. The maximum Gasteiger partial charge on any atom is 0.0923 e. The second kappa shape index (κ2) is 3.80. The highest BCUT2D eigenvalue weighted by molar-refractivity contribution is 5.81. The number of nitrogens with one attached hydrogen (secondary N) is 1. The lowest BCUT2D eigenvalue weighted by atomic mass is 10.1. The monoisotopic (exact) mass is 189 g/mol. The van der Waals surface area contributed by atoms with Gasteiger partial charge in [0.15, 0.2) is 0 Å². The van der Waals surface area contributed by atoms with Crippen LogP contribution < -0.4 is 5.73 Å². The highest BCUT2D eigenvalue weighted by Crippen LogP contribution is 2.16. The highest BCUT2D eigenvalue weighted by Gasteiger charge is 2.07. The van der Waals surface area contributed by atoms with Gasteiger partial charge in [-0.25, -0.2) is 0 Å². The second-order valence-corrected chi connectivity index (χ2v) is 3.59. The number of rotatable bonds is 3. The third-order valence-corrected chi connectivity index (χ3v) is 2.53. The Kier molecular flexibility index (Phi) is 2.50. The predicted molar refractivity (Wildman–Crippen MR) is 58.1 cm³/mol. The Morgan fingerprint density at radius 2 is 2.21 bits per heavy atom. The van der Waals surface area contributed by atoms with Crippen molar-refractivity contribution in [1.29, 1.82) is 0 Å². The number of fused-ring (bicyclic) bond motifs is 1. The zero-order valence-electron chi connectivity index (χ0n) is 8.33. The van der Waals surface area contributed by atoms with E-state index in [-0.39, 0.29) is 6.04 Å². The Hall–Kier alpha value is -1.35. The van der Waals surface area contributed by atoms with Crippen molar-refractivity contribution in [3.63, 3.8) is 0 Å². The summed E-state index contributed by atoms with van der Waals surface area (Å²) in [7, 11) is 0. The van der Waals surface area contributed by atoms with Gasteiger partial charge in [0.25, 0.3) is 0 Å². The lowest BCUT2D eigenvalue weighted by Gasteiger charge is -2.06. The first-order valence-corrected chi connectivity index (χ1v) is 4.99. The average molecular weight is 189 g/mol. The Bertz CT molecular complexity index is 419. The van der Waals surface area contributed by atoms with Crippen LogP contribution in [-0.4, -0.2) is 16.2 Å². The van der Waals surface area contributed by atoms with Crippen molar-refractivity contribution in [1.82, 2.24) is 10.2 Å². The Labute approximate surface area is 83.3 Å². The van der Waals surface area contributed by atoms with E-state index >= 15 is 0 Å². The number of H-pyrrole nitrogens is 1. The third-order valence-electron chi connectivity index (χ3n) is 2.53. The number of benzene rings is 1. The molecule has 0 spiro atoms. The summed E-state index contributed by atoms with van der Waals surface area (Å²) in [6.07, 6.45) is 1.87. The molecule has 0 bridgehead atoms. The van der Waals surface area contributed by atoms with E-state index in [9.17, 15) is 0 Å². The van der Waals surface area contributed by atoms with E-state index in [1.165, 1.54) is 5.39 Å². The molecule has 74 valence electrons. The second-order valence-electron chi connectivity index (χ2n) is 3.59. The SMILES string of the molecule is CCC(N)Cc1[nH]nc2ccccc12. The van der Waals surface area contributed by atoms with Gasteiger partial charge in [0.1, 0.15) is 0 Å². The normalized spacial score (nSPS) is 13.3. The van der Waals surface area contributed by atoms with Crippen LogP contribution in [0.4, 0.5) is 0 Å². The smallest absolute Gasteiger partial charge is 0.0923 e. The van der Waals surface area contributed by atoms with Gasteiger partial charge in [-0.15, -0.1) is 0 Å². The van der Waals surface area contributed by atoms with Crippen molar-refractivity contribution in [3.05, 3.63) is 30.0 Å². The summed E-state index contributed by atoms with van der Waals surface area (Å²) >= 11 is 0. The standard InChI is InChI=1S/C11H15N3/c1-2-8(12)7-11-9-5-3-4-6-10(9)13-14-11/h3-6,8H,2,7,12H2,1H3,(H,13,14). The van der Waals surface area contributed by atoms with Gasteiger partial charge in [0.2, 0.25) is 0 Å². The molecule has 3 N–H and O–H groups in total. The number of aromatic amines is 1. The van der Waals surface area contributed by atoms with Gasteiger partial charge in [0.05, 0.1) is 5.52 Å². The van der Waals surface area contributed by atoms with Crippen LogP contribution in [0, 0.1) is 0 Å². The number of hydrogen-bond donors (Lipinski definition) is 2. The molecule has 0 amide bonds. The Morgan fingerprint density at radius 3 is 3.00 bits per heavy atom. The Balaban J connectivity index is 2.33. The van der Waals surface area contributed by atoms with Crippen molar-refractivity contribution in [2.24, 2.45) is 5.73 Å². The van der Waals surface area contributed by atoms with E-state index < -0.39 is 0 Å². The van der Waals surface area contributed by atoms with E-state index in [0.29, 0.717) is 0 Å². The van der Waals surface area contributed by atoms with Gasteiger partial charge in [-0.3, -0.25) is 5.10 Å². The van der Waals surface area contributed by atoms with E-state index in [4.69, 9.17) is 5.73 Å². The molecule has 2 rings (SSSR count). The molecule has 0 saturated carbocycles. The first-order chi connectivity index (χ1) is 6.81. The molecule has 1 aromatic heterocycles. The topological polar surface area (TPSA) is 54.7 Å². The van der Waals surface area contributed by atoms with Gasteiger partial charge in [0, 0.05) is 23.5 Å². The van der Waals surface area contributed by atoms with Gasteiger partial charge in [-0.1, -0.05) is 25.1 Å². The summed E-state index contributed by atoms with van der Waals surface area (Å²) < 4.78 is 0. The largest absolute Gasteiger partial charge is 0.327 e. The number of hydrogen-bond acceptors (Lipinski definition) is 2. The molecule has 0 radical (unpaired) electrons. The zero-order valence-corrected chi connectivity index (χ0v) is 8.33. The molecule has 1 heterocycles. The molecule has 14 heavy (non-hydrogen) atoms. The fourth-order valence-electron chi connectivity index (χ4n) is 1.58. The number of aromatic nitrogens is 2. The number of nitrogens with zero attached hydrogens (tertiary/aromatic N) is 1. The maximum absolute atomic E-state index is 5.91. The van der Waals surface area contributed by atoms with Gasteiger partial charge in [-0.2, -0.15) is 5.10 Å². The molecule has 0 aliphatic heterocycles. The molecule has 1 unspecified atom stereocenters. The summed E-state index contributed by atoms with van der Waals surface area (Å²) in [6.45, 7) is 2.10. The molecular formula is C11H15N3. The molecule has 0 saturated heterocycles. The van der Waals surface area contributed by atoms with E-state index in [2.05, 4.69) is 23.2 Å². The van der Waals surface area contributed by atoms with Crippen LogP contribution in [0.2, 0.25) is 0 Å². The van der Waals surface area contributed by atoms with Crippen LogP contribution in [0.5, 0.6) is 0 Å². The summed E-state index contributed by atoms with van der Waals surface area (Å²) in [5.74, 6) is 0. The summed E-state index contributed by atoms with van der Waals surface area (Å²) in [5.41, 5.74) is 8.07. The van der Waals surface area contributed by atoms with Crippen molar-refractivity contribution < 1.29 is 0 Å². The molecule has 3 nitrogen and oxygen atoms in total. The first kappa shape index (κ1) is 9.21. The van der Waals surface area contributed by atoms with E-state index in [0.717, 1.165) is 24.1 Å². The summed E-state index contributed by atoms with van der Waals surface area (Å²) in [5, 5.41) is 8.47. The van der Waals surface area contributed by atoms with Crippen LogP contribution in [0.1, 0.15) is 19.0 Å². The zero-order chi connectivity index (χ0) is 9.97. The molecule has 3 heteroatoms. The van der Waals surface area contributed by atoms with Crippen molar-refractivity contribution >= 4 is 10.9 Å². The van der Waals surface area contributed by atoms with Crippen LogP contribution >= 0.6 is 0 Å². The average Bonchev–Trinajstić information content (AvgIpc) is 2.62. The van der Waals surface area contributed by atoms with Crippen LogP contribution in [0.3, 0.4) is 0 Å². The summed E-state index contributed by atoms with van der Waals surface area (Å²) in [4.78, 5) is 0. The quantitative estimate of drug-likeness (QED) is 0.774. The third kappa shape index (κ3) is 1.63. The van der Waals surface area contributed by atoms with Crippen molar-refractivity contribution in [3.8, 4) is 0 Å². The van der Waals surface area contributed by atoms with E-state index in [1.54, 1.807) is 0 Å². The van der Waals surface area contributed by atoms with Gasteiger partial charge in [-0.05, 0) is 12.5 Å². The lowest BCUT2D eigenvalue weighted by molar-refractivity contribution is 0.637. The number of para-hydroxylation sites is 1. The lowest BCUT2D eigenvalue weighted by Crippen LogP contribution is -2.21. The molecule has 1 atom stereocenters. The minimum Gasteiger partial charge on any atom is -0.327 e. The molecule has 2 aromatic rings. The minimum absolute atomic E-state index is 0.221. The molecule has 0 fully saturated rings. The fraction of sp³-hybridized carbons (Fsp3) is 0.364. The fourth-order valence-corrected chi connectivity index (χ4v) is 1.58. The van der Waals surface area contributed by atoms with Crippen molar-refractivity contribution in [2.75, 3.05) is 0 Å². The number of nitrogens with two attached hydrogens (primary N) is 1. The van der Waals surface area contributed by atoms with Crippen LogP contribution in [0.15, 0.2) is 24.3 Å². The first-order valence-electron chi connectivity index (χ1n) is 4.99. The highest BCUT2D eigenvalue weighted by atomic mass is 15.1. The molecule has 0 aliphatic rings. The molecule has 1 aromatic carbocycles. The Morgan fingerprint density at radius 1 is 1.43 bits per heavy atom. The van der Waals surface area contributed by atoms with Crippen molar-refractivity contribution in [2.45, 2.75) is 25.8 Å². The van der Waals surface area contributed by atoms with Gasteiger partial charge < -0.3 is 5.73 Å². The summed E-state index contributed by atoms with van der Waals surface area (Å²) in [6, 6.07) is 8.33. The predicted octanol–water partition coefficient (Wildman–Crippen LogP) is 1.84. The van der Waals surface area contributed by atoms with Crippen LogP contribution in [0.25, 0.3) is 10.9 Å². The van der Waals surface area contributed by atoms with Crippen LogP contribution in [-0.2, 0) is 6.42 Å². The van der Waals surface area contributed by atoms with Gasteiger partial charge >= 0.3 is 0 Å².